The standard InChI is InChI=1S/C24H23NO/c1-4-10-20(11-5-1)16-17-23-24(26-22-14-8-3-9-15-22)19-25(23)18-21-12-6-2-7-13-21/h1-17,23-24H,18-19H2/b17-16+/t23-,24-/m0/s1. The number of hydrogen-bond donors (Lipinski definition) is 0. The predicted molar refractivity (Wildman–Crippen MR) is 107 cm³/mol. The van der Waals surface area contributed by atoms with Crippen LogP contribution in [-0.4, -0.2) is 23.6 Å². The van der Waals surface area contributed by atoms with Gasteiger partial charge in [0.1, 0.15) is 11.9 Å². The number of benzene rings is 3. The zero-order valence-corrected chi connectivity index (χ0v) is 14.7. The fraction of sp³-hybridized carbons (Fsp3) is 0.167. The molecule has 4 rings (SSSR count). The average Bonchev–Trinajstić information content (AvgIpc) is 2.69. The molecule has 0 aliphatic carbocycles. The van der Waals surface area contributed by atoms with Gasteiger partial charge in [0.25, 0.3) is 0 Å². The quantitative estimate of drug-likeness (QED) is 0.623. The summed E-state index contributed by atoms with van der Waals surface area (Å²) in [5.41, 5.74) is 2.56. The third-order valence-electron chi connectivity index (χ3n) is 4.76. The van der Waals surface area contributed by atoms with Gasteiger partial charge < -0.3 is 4.74 Å². The van der Waals surface area contributed by atoms with E-state index in [-0.39, 0.29) is 12.1 Å². The second-order valence-electron chi connectivity index (χ2n) is 6.64. The van der Waals surface area contributed by atoms with Crippen LogP contribution in [-0.2, 0) is 6.54 Å². The van der Waals surface area contributed by atoms with Crippen LogP contribution >= 0.6 is 0 Å². The van der Waals surface area contributed by atoms with Crippen molar-refractivity contribution in [1.82, 2.24) is 4.90 Å². The van der Waals surface area contributed by atoms with E-state index in [4.69, 9.17) is 4.74 Å². The molecule has 0 spiro atoms. The van der Waals surface area contributed by atoms with E-state index in [9.17, 15) is 0 Å². The van der Waals surface area contributed by atoms with Gasteiger partial charge in [-0.05, 0) is 23.3 Å². The molecule has 2 heteroatoms. The van der Waals surface area contributed by atoms with Gasteiger partial charge >= 0.3 is 0 Å². The molecular weight excluding hydrogens is 318 g/mol. The molecule has 0 aromatic heterocycles. The lowest BCUT2D eigenvalue weighted by atomic mass is 9.96. The molecule has 1 heterocycles. The first-order valence-electron chi connectivity index (χ1n) is 9.11. The van der Waals surface area contributed by atoms with Gasteiger partial charge in [0, 0.05) is 13.1 Å². The summed E-state index contributed by atoms with van der Waals surface area (Å²) in [5.74, 6) is 0.940. The lowest BCUT2D eigenvalue weighted by molar-refractivity contribution is -0.0263. The van der Waals surface area contributed by atoms with E-state index >= 15 is 0 Å². The highest BCUT2D eigenvalue weighted by Crippen LogP contribution is 2.27. The maximum Gasteiger partial charge on any atom is 0.130 e. The molecule has 3 aromatic rings. The molecule has 0 amide bonds. The van der Waals surface area contributed by atoms with E-state index in [1.165, 1.54) is 11.1 Å². The van der Waals surface area contributed by atoms with Crippen molar-refractivity contribution in [1.29, 1.82) is 0 Å². The molecule has 0 unspecified atom stereocenters. The summed E-state index contributed by atoms with van der Waals surface area (Å²) in [6.45, 7) is 1.88. The summed E-state index contributed by atoms with van der Waals surface area (Å²) in [7, 11) is 0. The Hall–Kier alpha value is -2.84. The van der Waals surface area contributed by atoms with Gasteiger partial charge in [0.15, 0.2) is 0 Å². The third-order valence-corrected chi connectivity index (χ3v) is 4.76. The minimum absolute atomic E-state index is 0.182. The fourth-order valence-corrected chi connectivity index (χ4v) is 3.35. The molecule has 1 aliphatic heterocycles. The lowest BCUT2D eigenvalue weighted by Gasteiger charge is -2.46. The van der Waals surface area contributed by atoms with Crippen molar-refractivity contribution < 1.29 is 4.74 Å². The van der Waals surface area contributed by atoms with Crippen molar-refractivity contribution in [3.63, 3.8) is 0 Å². The van der Waals surface area contributed by atoms with Crippen LogP contribution in [0.25, 0.3) is 6.08 Å². The second-order valence-corrected chi connectivity index (χ2v) is 6.64. The molecule has 2 nitrogen and oxygen atoms in total. The number of nitrogens with zero attached hydrogens (tertiary/aromatic N) is 1. The Balaban J connectivity index is 1.48. The van der Waals surface area contributed by atoms with Gasteiger partial charge in [-0.3, -0.25) is 4.90 Å². The van der Waals surface area contributed by atoms with Crippen LogP contribution in [0, 0.1) is 0 Å². The summed E-state index contributed by atoms with van der Waals surface area (Å²) in [6.07, 6.45) is 4.65. The molecule has 0 N–H and O–H groups in total. The molecule has 0 bridgehead atoms. The van der Waals surface area contributed by atoms with Crippen molar-refractivity contribution >= 4 is 6.08 Å². The topological polar surface area (TPSA) is 12.5 Å². The molecule has 1 saturated heterocycles. The zero-order chi connectivity index (χ0) is 17.6. The first-order valence-corrected chi connectivity index (χ1v) is 9.11. The number of rotatable bonds is 6. The van der Waals surface area contributed by atoms with Crippen LogP contribution in [0.2, 0.25) is 0 Å². The Morgan fingerprint density at radius 1 is 0.808 bits per heavy atom. The average molecular weight is 341 g/mol. The van der Waals surface area contributed by atoms with Crippen LogP contribution in [0.1, 0.15) is 11.1 Å². The van der Waals surface area contributed by atoms with E-state index in [0.717, 1.165) is 18.8 Å². The molecule has 0 saturated carbocycles. The summed E-state index contributed by atoms with van der Waals surface area (Å²) < 4.78 is 6.23. The predicted octanol–water partition coefficient (Wildman–Crippen LogP) is 5.03. The van der Waals surface area contributed by atoms with Crippen molar-refractivity contribution in [3.05, 3.63) is 108 Å². The van der Waals surface area contributed by atoms with Crippen molar-refractivity contribution in [2.24, 2.45) is 0 Å². The number of para-hydroxylation sites is 1. The molecule has 3 aromatic carbocycles. The highest BCUT2D eigenvalue weighted by atomic mass is 16.5. The van der Waals surface area contributed by atoms with E-state index in [0.29, 0.717) is 0 Å². The molecule has 130 valence electrons. The van der Waals surface area contributed by atoms with Crippen LogP contribution in [0.4, 0.5) is 0 Å². The molecule has 2 atom stereocenters. The van der Waals surface area contributed by atoms with Gasteiger partial charge in [0.05, 0.1) is 6.04 Å². The third kappa shape index (κ3) is 4.04. The highest BCUT2D eigenvalue weighted by Gasteiger charge is 2.38. The lowest BCUT2D eigenvalue weighted by Crippen LogP contribution is -2.60. The maximum atomic E-state index is 6.23. The van der Waals surface area contributed by atoms with Gasteiger partial charge in [-0.2, -0.15) is 0 Å². The number of ether oxygens (including phenoxy) is 1. The van der Waals surface area contributed by atoms with Crippen molar-refractivity contribution in [2.75, 3.05) is 6.54 Å². The summed E-state index contributed by atoms with van der Waals surface area (Å²) >= 11 is 0. The van der Waals surface area contributed by atoms with Gasteiger partial charge in [-0.15, -0.1) is 0 Å². The van der Waals surface area contributed by atoms with Crippen LogP contribution < -0.4 is 4.74 Å². The van der Waals surface area contributed by atoms with Gasteiger partial charge in [-0.25, -0.2) is 0 Å². The van der Waals surface area contributed by atoms with Crippen LogP contribution in [0.15, 0.2) is 97.1 Å². The van der Waals surface area contributed by atoms with Crippen molar-refractivity contribution in [3.8, 4) is 5.75 Å². The first-order chi connectivity index (χ1) is 12.9. The Labute approximate surface area is 155 Å². The number of hydrogen-bond acceptors (Lipinski definition) is 2. The van der Waals surface area contributed by atoms with E-state index in [2.05, 4.69) is 71.6 Å². The minimum atomic E-state index is 0.182. The molecule has 0 radical (unpaired) electrons. The summed E-state index contributed by atoms with van der Waals surface area (Å²) in [5, 5.41) is 0. The highest BCUT2D eigenvalue weighted by molar-refractivity contribution is 5.50. The fourth-order valence-electron chi connectivity index (χ4n) is 3.35. The van der Waals surface area contributed by atoms with E-state index < -0.39 is 0 Å². The summed E-state index contributed by atoms with van der Waals surface area (Å²) in [4.78, 5) is 2.46. The Kier molecular flexibility index (Phi) is 5.13. The molecule has 1 fully saturated rings. The normalized spacial score (nSPS) is 20.0. The van der Waals surface area contributed by atoms with E-state index in [1.807, 2.05) is 36.4 Å². The van der Waals surface area contributed by atoms with Crippen LogP contribution in [0.3, 0.4) is 0 Å². The SMILES string of the molecule is C(=C\[C@H]1[C@@H](Oc2ccccc2)CN1Cc1ccccc1)/c1ccccc1. The molecule has 26 heavy (non-hydrogen) atoms. The Morgan fingerprint density at radius 2 is 1.42 bits per heavy atom. The molecule has 1 aliphatic rings. The van der Waals surface area contributed by atoms with Crippen molar-refractivity contribution in [2.45, 2.75) is 18.7 Å². The largest absolute Gasteiger partial charge is 0.487 e. The monoisotopic (exact) mass is 341 g/mol. The van der Waals surface area contributed by atoms with Crippen LogP contribution in [0.5, 0.6) is 5.75 Å². The second kappa shape index (κ2) is 8.03. The Bertz CT molecular complexity index is 782. The first kappa shape index (κ1) is 16.6. The van der Waals surface area contributed by atoms with Gasteiger partial charge in [0.2, 0.25) is 0 Å². The van der Waals surface area contributed by atoms with E-state index in [1.54, 1.807) is 0 Å². The molecular formula is C24H23NO. The smallest absolute Gasteiger partial charge is 0.130 e. The maximum absolute atomic E-state index is 6.23. The Morgan fingerprint density at radius 3 is 2.12 bits per heavy atom. The number of likely N-dealkylation sites (tertiary alicyclic amines) is 1. The summed E-state index contributed by atoms with van der Waals surface area (Å²) in [6, 6.07) is 31.4. The zero-order valence-electron chi connectivity index (χ0n) is 14.7. The van der Waals surface area contributed by atoms with Gasteiger partial charge in [-0.1, -0.05) is 91.0 Å². The minimum Gasteiger partial charge on any atom is -0.487 e.